The molecule has 0 amide bonds. The van der Waals surface area contributed by atoms with E-state index in [0.29, 0.717) is 12.2 Å². The number of benzene rings is 2. The maximum Gasteiger partial charge on any atom is 0.337 e. The number of esters is 1. The van der Waals surface area contributed by atoms with Crippen molar-refractivity contribution in [2.24, 2.45) is 0 Å². The Balaban J connectivity index is 1.87. The molecule has 0 fully saturated rings. The van der Waals surface area contributed by atoms with Crippen molar-refractivity contribution in [1.29, 1.82) is 0 Å². The van der Waals surface area contributed by atoms with Crippen LogP contribution in [-0.2, 0) is 20.5 Å². The van der Waals surface area contributed by atoms with E-state index >= 15 is 0 Å². The zero-order valence-electron chi connectivity index (χ0n) is 21.4. The number of methoxy groups -OCH3 is 1. The van der Waals surface area contributed by atoms with Gasteiger partial charge in [0.2, 0.25) is 0 Å². The van der Waals surface area contributed by atoms with Gasteiger partial charge in [-0.2, -0.15) is 0 Å². The average Bonchev–Trinajstić information content (AvgIpc) is 2.90. The Hall–Kier alpha value is -2.21. The Labute approximate surface area is 207 Å². The molecule has 2 aromatic rings. The lowest BCUT2D eigenvalue weighted by Crippen LogP contribution is -2.37. The second-order valence-corrected chi connectivity index (χ2v) is 13.4. The van der Waals surface area contributed by atoms with Crippen LogP contribution in [0.15, 0.2) is 66.7 Å². The number of rotatable bonds is 16. The van der Waals surface area contributed by atoms with Crippen LogP contribution < -0.4 is 0 Å². The molecule has 186 valence electrons. The second-order valence-electron chi connectivity index (χ2n) is 8.70. The summed E-state index contributed by atoms with van der Waals surface area (Å²) in [6.45, 7) is 8.24. The van der Waals surface area contributed by atoms with Crippen LogP contribution >= 0.6 is 0 Å². The average molecular weight is 483 g/mol. The van der Waals surface area contributed by atoms with Gasteiger partial charge >= 0.3 is 5.97 Å². The Bertz CT molecular complexity index is 836. The first kappa shape index (κ1) is 28.0. The van der Waals surface area contributed by atoms with Gasteiger partial charge in [-0.3, -0.25) is 0 Å². The molecule has 0 radical (unpaired) electrons. The molecule has 0 saturated carbocycles. The summed E-state index contributed by atoms with van der Waals surface area (Å²) in [7, 11) is -0.357. The second kappa shape index (κ2) is 15.6. The molecule has 0 bridgehead atoms. The number of carbonyl (C=O) groups excluding carboxylic acids is 1. The van der Waals surface area contributed by atoms with E-state index < -0.39 is 8.32 Å². The molecule has 0 spiro atoms. The van der Waals surface area contributed by atoms with Crippen molar-refractivity contribution < 1.29 is 18.7 Å². The van der Waals surface area contributed by atoms with Gasteiger partial charge in [0.15, 0.2) is 8.32 Å². The molecule has 2 rings (SSSR count). The Morgan fingerprint density at radius 2 is 1.59 bits per heavy atom. The van der Waals surface area contributed by atoms with Crippen LogP contribution in [0.2, 0.25) is 18.1 Å². The number of allylic oxidation sites excluding steroid dienone is 1. The lowest BCUT2D eigenvalue weighted by Gasteiger charge is -2.33. The van der Waals surface area contributed by atoms with Gasteiger partial charge in [-0.25, -0.2) is 4.79 Å². The minimum Gasteiger partial charge on any atom is -0.465 e. The van der Waals surface area contributed by atoms with Crippen LogP contribution in [0, 0.1) is 0 Å². The quantitative estimate of drug-likeness (QED) is 0.106. The van der Waals surface area contributed by atoms with E-state index in [9.17, 15) is 4.79 Å². The van der Waals surface area contributed by atoms with E-state index in [0.717, 1.165) is 56.0 Å². The summed E-state index contributed by atoms with van der Waals surface area (Å²) in [5.41, 5.74) is 2.91. The van der Waals surface area contributed by atoms with E-state index in [1.807, 2.05) is 42.5 Å². The third-order valence-corrected chi connectivity index (χ3v) is 11.2. The molecule has 34 heavy (non-hydrogen) atoms. The Morgan fingerprint density at radius 3 is 2.21 bits per heavy atom. The predicted molar refractivity (Wildman–Crippen MR) is 143 cm³/mol. The lowest BCUT2D eigenvalue weighted by molar-refractivity contribution is 0.0600. The molecule has 1 unspecified atom stereocenters. The molecule has 1 atom stereocenters. The van der Waals surface area contributed by atoms with Crippen LogP contribution in [-0.4, -0.2) is 28.0 Å². The molecule has 2 aromatic carbocycles. The van der Waals surface area contributed by atoms with Gasteiger partial charge in [-0.15, -0.1) is 0 Å². The topological polar surface area (TPSA) is 44.8 Å². The molecule has 0 N–H and O–H groups in total. The van der Waals surface area contributed by atoms with Crippen LogP contribution in [0.1, 0.15) is 74.0 Å². The van der Waals surface area contributed by atoms with Gasteiger partial charge in [0.25, 0.3) is 0 Å². The van der Waals surface area contributed by atoms with Crippen molar-refractivity contribution in [3.05, 3.63) is 83.4 Å². The Morgan fingerprint density at radius 1 is 0.912 bits per heavy atom. The third kappa shape index (κ3) is 9.20. The van der Waals surface area contributed by atoms with Crippen molar-refractivity contribution in [3.8, 4) is 0 Å². The number of unbranched alkanes of at least 4 members (excludes halogenated alkanes) is 2. The van der Waals surface area contributed by atoms with Gasteiger partial charge in [0.05, 0.1) is 25.4 Å². The summed E-state index contributed by atoms with van der Waals surface area (Å²) in [6.07, 6.45) is 8.60. The lowest BCUT2D eigenvalue weighted by atomic mass is 10.0. The highest BCUT2D eigenvalue weighted by Gasteiger charge is 2.32. The van der Waals surface area contributed by atoms with E-state index in [2.05, 4.69) is 45.1 Å². The fourth-order valence-electron chi connectivity index (χ4n) is 4.07. The summed E-state index contributed by atoms with van der Waals surface area (Å²) in [4.78, 5) is 11.8. The van der Waals surface area contributed by atoms with Crippen molar-refractivity contribution in [3.63, 3.8) is 0 Å². The molecule has 5 heteroatoms. The molecule has 0 heterocycles. The van der Waals surface area contributed by atoms with Crippen LogP contribution in [0.4, 0.5) is 0 Å². The van der Waals surface area contributed by atoms with E-state index in [4.69, 9.17) is 13.9 Å². The molecule has 0 aliphatic carbocycles. The van der Waals surface area contributed by atoms with Crippen molar-refractivity contribution in [1.82, 2.24) is 0 Å². The summed E-state index contributed by atoms with van der Waals surface area (Å²) in [5, 5.41) is 0. The molecule has 0 aromatic heterocycles. The van der Waals surface area contributed by atoms with Gasteiger partial charge in [0, 0.05) is 6.61 Å². The number of carbonyl (C=O) groups is 1. The maximum absolute atomic E-state index is 11.8. The SMILES string of the molecule is CC[Si](CC)(CC)OC(CC=CCCCCOCc1ccccc1)c1ccc(C(=O)OC)cc1. The number of ether oxygens (including phenoxy) is 2. The highest BCUT2D eigenvalue weighted by atomic mass is 28.4. The van der Waals surface area contributed by atoms with E-state index in [-0.39, 0.29) is 12.1 Å². The summed E-state index contributed by atoms with van der Waals surface area (Å²) in [6, 6.07) is 21.3. The van der Waals surface area contributed by atoms with Crippen molar-refractivity contribution >= 4 is 14.3 Å². The van der Waals surface area contributed by atoms with Gasteiger partial charge in [-0.05, 0) is 67.1 Å². The first-order chi connectivity index (χ1) is 16.6. The fourth-order valence-corrected chi connectivity index (χ4v) is 6.91. The highest BCUT2D eigenvalue weighted by molar-refractivity contribution is 6.73. The van der Waals surface area contributed by atoms with Crippen LogP contribution in [0.25, 0.3) is 0 Å². The van der Waals surface area contributed by atoms with Crippen molar-refractivity contribution in [2.45, 2.75) is 77.3 Å². The fraction of sp³-hybridized carbons (Fsp3) is 0.483. The number of hydrogen-bond acceptors (Lipinski definition) is 4. The van der Waals surface area contributed by atoms with Crippen molar-refractivity contribution in [2.75, 3.05) is 13.7 Å². The minimum atomic E-state index is -1.77. The first-order valence-corrected chi connectivity index (χ1v) is 15.2. The number of hydrogen-bond donors (Lipinski definition) is 0. The smallest absolute Gasteiger partial charge is 0.337 e. The molecular formula is C29H42O4Si. The van der Waals surface area contributed by atoms with Gasteiger partial charge in [-0.1, -0.05) is 75.4 Å². The minimum absolute atomic E-state index is 0.0173. The van der Waals surface area contributed by atoms with E-state index in [1.54, 1.807) is 0 Å². The van der Waals surface area contributed by atoms with Gasteiger partial charge < -0.3 is 13.9 Å². The third-order valence-electron chi connectivity index (χ3n) is 6.57. The highest BCUT2D eigenvalue weighted by Crippen LogP contribution is 2.32. The Kier molecular flexibility index (Phi) is 12.9. The molecule has 4 nitrogen and oxygen atoms in total. The summed E-state index contributed by atoms with van der Waals surface area (Å²) >= 11 is 0. The molecule has 0 saturated heterocycles. The predicted octanol–water partition coefficient (Wildman–Crippen LogP) is 7.87. The molecular weight excluding hydrogens is 440 g/mol. The van der Waals surface area contributed by atoms with Crippen LogP contribution in [0.5, 0.6) is 0 Å². The zero-order valence-corrected chi connectivity index (χ0v) is 22.4. The van der Waals surface area contributed by atoms with Crippen LogP contribution in [0.3, 0.4) is 0 Å². The first-order valence-electron chi connectivity index (χ1n) is 12.7. The zero-order chi connectivity index (χ0) is 24.7. The van der Waals surface area contributed by atoms with E-state index in [1.165, 1.54) is 12.7 Å². The maximum atomic E-state index is 11.8. The van der Waals surface area contributed by atoms with Gasteiger partial charge in [0.1, 0.15) is 0 Å². The summed E-state index contributed by atoms with van der Waals surface area (Å²) < 4.78 is 17.5. The normalized spacial score (nSPS) is 12.7. The summed E-state index contributed by atoms with van der Waals surface area (Å²) in [5.74, 6) is -0.309. The molecule has 0 aliphatic rings. The largest absolute Gasteiger partial charge is 0.465 e. The standard InChI is InChI=1S/C29H42O4Si/c1-5-34(6-2,7-3)33-28(26-19-21-27(22-20-26)29(30)31-4)18-14-9-8-10-15-23-32-24-25-16-12-11-13-17-25/h9,11-14,16-17,19-22,28H,5-8,10,15,18,23-24H2,1-4H3. The molecule has 0 aliphatic heterocycles. The monoisotopic (exact) mass is 482 g/mol.